The van der Waals surface area contributed by atoms with Crippen LogP contribution < -0.4 is 10.1 Å². The Balaban J connectivity index is 1.25. The highest BCUT2D eigenvalue weighted by atomic mass is 35.5. The van der Waals surface area contributed by atoms with Crippen molar-refractivity contribution in [2.24, 2.45) is 5.92 Å². The number of hydrogen-bond donors (Lipinski definition) is 1. The highest BCUT2D eigenvalue weighted by Gasteiger charge is 2.21. The molecule has 4 nitrogen and oxygen atoms in total. The lowest BCUT2D eigenvalue weighted by Crippen LogP contribution is -2.38. The Morgan fingerprint density at radius 2 is 1.91 bits per heavy atom. The van der Waals surface area contributed by atoms with E-state index >= 15 is 0 Å². The van der Waals surface area contributed by atoms with Crippen molar-refractivity contribution in [2.45, 2.75) is 26.3 Å². The molecule has 6 heteroatoms. The quantitative estimate of drug-likeness (QED) is 0.460. The van der Waals surface area contributed by atoms with Gasteiger partial charge in [-0.15, -0.1) is 11.3 Å². The van der Waals surface area contributed by atoms with Crippen LogP contribution in [0.3, 0.4) is 0 Å². The molecule has 0 spiro atoms. The van der Waals surface area contributed by atoms with Crippen molar-refractivity contribution in [3.8, 4) is 16.9 Å². The molecule has 0 saturated carbocycles. The molecule has 1 fully saturated rings. The SMILES string of the molecule is COc1cc(C(=O)NCC2CCN(Cc3cc(-c4ccccc4)c(C)s3)CC2)ccc1Cl. The van der Waals surface area contributed by atoms with Crippen LogP contribution in [0.15, 0.2) is 54.6 Å². The molecule has 0 aliphatic carbocycles. The number of nitrogens with one attached hydrogen (secondary N) is 1. The first-order valence-electron chi connectivity index (χ1n) is 11.0. The van der Waals surface area contributed by atoms with Crippen molar-refractivity contribution in [3.63, 3.8) is 0 Å². The number of rotatable bonds is 7. The van der Waals surface area contributed by atoms with Crippen molar-refractivity contribution in [1.29, 1.82) is 0 Å². The average molecular weight is 469 g/mol. The largest absolute Gasteiger partial charge is 0.495 e. The minimum atomic E-state index is -0.0788. The molecule has 1 aliphatic rings. The molecule has 0 unspecified atom stereocenters. The van der Waals surface area contributed by atoms with Gasteiger partial charge in [-0.2, -0.15) is 0 Å². The molecule has 1 amide bonds. The Morgan fingerprint density at radius 3 is 2.62 bits per heavy atom. The van der Waals surface area contributed by atoms with Gasteiger partial charge in [0.2, 0.25) is 0 Å². The van der Waals surface area contributed by atoms with E-state index in [4.69, 9.17) is 16.3 Å². The minimum Gasteiger partial charge on any atom is -0.495 e. The van der Waals surface area contributed by atoms with Gasteiger partial charge in [0.15, 0.2) is 0 Å². The van der Waals surface area contributed by atoms with Crippen LogP contribution in [0.25, 0.3) is 11.1 Å². The number of amides is 1. The van der Waals surface area contributed by atoms with E-state index in [1.807, 2.05) is 11.3 Å². The van der Waals surface area contributed by atoms with Crippen LogP contribution in [-0.4, -0.2) is 37.6 Å². The third-order valence-electron chi connectivity index (χ3n) is 6.10. The summed E-state index contributed by atoms with van der Waals surface area (Å²) in [5, 5.41) is 3.59. The Labute approximate surface area is 199 Å². The number of methoxy groups -OCH3 is 1. The number of likely N-dealkylation sites (tertiary alicyclic amines) is 1. The molecule has 1 N–H and O–H groups in total. The Hall–Kier alpha value is -2.34. The van der Waals surface area contributed by atoms with Crippen LogP contribution >= 0.6 is 22.9 Å². The first kappa shape index (κ1) is 22.8. The van der Waals surface area contributed by atoms with Crippen LogP contribution in [-0.2, 0) is 6.54 Å². The Morgan fingerprint density at radius 1 is 1.16 bits per heavy atom. The summed E-state index contributed by atoms with van der Waals surface area (Å²) in [6.07, 6.45) is 2.19. The standard InChI is InChI=1S/C26H29ClN2O2S/c1-18-23(20-6-4-3-5-7-20)15-22(32-18)17-29-12-10-19(11-13-29)16-28-26(30)21-8-9-24(27)25(14-21)31-2/h3-9,14-15,19H,10-13,16-17H2,1-2H3,(H,28,30). The smallest absolute Gasteiger partial charge is 0.251 e. The molecule has 0 atom stereocenters. The molecular formula is C26H29ClN2O2S. The Bertz CT molecular complexity index is 1060. The summed E-state index contributed by atoms with van der Waals surface area (Å²) in [7, 11) is 1.55. The predicted molar refractivity (Wildman–Crippen MR) is 133 cm³/mol. The number of nitrogens with zero attached hydrogens (tertiary/aromatic N) is 1. The summed E-state index contributed by atoms with van der Waals surface area (Å²) >= 11 is 7.95. The first-order chi connectivity index (χ1) is 15.5. The molecule has 0 bridgehead atoms. The molecule has 1 aromatic heterocycles. The summed E-state index contributed by atoms with van der Waals surface area (Å²) in [6, 6.07) is 18.1. The molecule has 0 radical (unpaired) electrons. The number of halogens is 1. The molecule has 4 rings (SSSR count). The van der Waals surface area contributed by atoms with Crippen molar-refractivity contribution < 1.29 is 9.53 Å². The highest BCUT2D eigenvalue weighted by Crippen LogP contribution is 2.32. The Kier molecular flexibility index (Phi) is 7.51. The minimum absolute atomic E-state index is 0.0788. The van der Waals surface area contributed by atoms with Gasteiger partial charge in [0.05, 0.1) is 12.1 Å². The molecule has 1 saturated heterocycles. The van der Waals surface area contributed by atoms with Gasteiger partial charge in [0, 0.05) is 28.4 Å². The lowest BCUT2D eigenvalue weighted by atomic mass is 9.96. The molecule has 32 heavy (non-hydrogen) atoms. The van der Waals surface area contributed by atoms with Gasteiger partial charge in [-0.1, -0.05) is 41.9 Å². The van der Waals surface area contributed by atoms with Gasteiger partial charge in [-0.25, -0.2) is 0 Å². The zero-order valence-corrected chi connectivity index (χ0v) is 20.1. The van der Waals surface area contributed by atoms with Crippen molar-refractivity contribution in [3.05, 3.63) is 74.9 Å². The van der Waals surface area contributed by atoms with Crippen LogP contribution in [0.1, 0.15) is 33.0 Å². The second kappa shape index (κ2) is 10.5. The van der Waals surface area contributed by atoms with E-state index in [9.17, 15) is 4.79 Å². The third-order valence-corrected chi connectivity index (χ3v) is 7.45. The maximum Gasteiger partial charge on any atom is 0.251 e. The van der Waals surface area contributed by atoms with E-state index < -0.39 is 0 Å². The lowest BCUT2D eigenvalue weighted by molar-refractivity contribution is 0.0935. The van der Waals surface area contributed by atoms with Crippen molar-refractivity contribution >= 4 is 28.8 Å². The zero-order valence-electron chi connectivity index (χ0n) is 18.6. The maximum atomic E-state index is 12.5. The number of aryl methyl sites for hydroxylation is 1. The predicted octanol–water partition coefficient (Wildman–Crippen LogP) is 6.03. The topological polar surface area (TPSA) is 41.6 Å². The van der Waals surface area contributed by atoms with Crippen LogP contribution in [0, 0.1) is 12.8 Å². The zero-order chi connectivity index (χ0) is 22.5. The van der Waals surface area contributed by atoms with E-state index in [2.05, 4.69) is 53.5 Å². The first-order valence-corrected chi connectivity index (χ1v) is 12.2. The molecule has 2 heterocycles. The average Bonchev–Trinajstić information content (AvgIpc) is 3.19. The monoisotopic (exact) mass is 468 g/mol. The van der Waals surface area contributed by atoms with Crippen molar-refractivity contribution in [2.75, 3.05) is 26.7 Å². The van der Waals surface area contributed by atoms with Crippen molar-refractivity contribution in [1.82, 2.24) is 10.2 Å². The lowest BCUT2D eigenvalue weighted by Gasteiger charge is -2.31. The normalized spacial score (nSPS) is 15.0. The van der Waals surface area contributed by atoms with Gasteiger partial charge in [0.25, 0.3) is 5.91 Å². The number of ether oxygens (including phenoxy) is 1. The molecule has 2 aromatic carbocycles. The number of hydrogen-bond acceptors (Lipinski definition) is 4. The molecular weight excluding hydrogens is 440 g/mol. The van der Waals surface area contributed by atoms with Gasteiger partial charge in [-0.3, -0.25) is 9.69 Å². The maximum absolute atomic E-state index is 12.5. The summed E-state index contributed by atoms with van der Waals surface area (Å²) in [5.41, 5.74) is 3.22. The second-order valence-electron chi connectivity index (χ2n) is 8.33. The summed E-state index contributed by atoms with van der Waals surface area (Å²) in [5.74, 6) is 0.950. The molecule has 168 valence electrons. The third kappa shape index (κ3) is 5.52. The van der Waals surface area contributed by atoms with Crippen LogP contribution in [0.2, 0.25) is 5.02 Å². The van der Waals surface area contributed by atoms with E-state index in [1.165, 1.54) is 20.9 Å². The summed E-state index contributed by atoms with van der Waals surface area (Å²) < 4.78 is 5.21. The van der Waals surface area contributed by atoms with Crippen LogP contribution in [0.4, 0.5) is 0 Å². The fourth-order valence-electron chi connectivity index (χ4n) is 4.24. The van der Waals surface area contributed by atoms with E-state index in [1.54, 1.807) is 25.3 Å². The van der Waals surface area contributed by atoms with E-state index in [-0.39, 0.29) is 5.91 Å². The van der Waals surface area contributed by atoms with Gasteiger partial charge < -0.3 is 10.1 Å². The fraction of sp³-hybridized carbons (Fsp3) is 0.346. The number of piperidine rings is 1. The summed E-state index contributed by atoms with van der Waals surface area (Å²) in [6.45, 7) is 6.04. The number of thiophene rings is 1. The number of carbonyl (C=O) groups is 1. The fourth-order valence-corrected chi connectivity index (χ4v) is 5.53. The van der Waals surface area contributed by atoms with Crippen LogP contribution in [0.5, 0.6) is 5.75 Å². The van der Waals surface area contributed by atoms with Gasteiger partial charge in [-0.05, 0) is 74.2 Å². The second-order valence-corrected chi connectivity index (χ2v) is 10.1. The van der Waals surface area contributed by atoms with Gasteiger partial charge in [0.1, 0.15) is 5.75 Å². The number of benzene rings is 2. The number of carbonyl (C=O) groups excluding carboxylic acids is 1. The van der Waals surface area contributed by atoms with E-state index in [0.717, 1.165) is 32.5 Å². The highest BCUT2D eigenvalue weighted by molar-refractivity contribution is 7.12. The molecule has 1 aliphatic heterocycles. The summed E-state index contributed by atoms with van der Waals surface area (Å²) in [4.78, 5) is 17.8. The molecule has 3 aromatic rings. The van der Waals surface area contributed by atoms with E-state index in [0.29, 0.717) is 28.8 Å². The van der Waals surface area contributed by atoms with Gasteiger partial charge >= 0.3 is 0 Å².